The predicted octanol–water partition coefficient (Wildman–Crippen LogP) is 1.98. The van der Waals surface area contributed by atoms with Crippen LogP contribution in [0.3, 0.4) is 0 Å². The van der Waals surface area contributed by atoms with Crippen LogP contribution >= 0.6 is 0 Å². The Morgan fingerprint density at radius 1 is 1.19 bits per heavy atom. The lowest BCUT2D eigenvalue weighted by atomic mass is 10.0. The molecule has 27 heavy (non-hydrogen) atoms. The second-order valence-corrected chi connectivity index (χ2v) is 7.64. The highest BCUT2D eigenvalue weighted by Crippen LogP contribution is 2.16. The molecule has 12 heteroatoms. The van der Waals surface area contributed by atoms with Crippen LogP contribution < -0.4 is 15.8 Å². The SMILES string of the molecule is CC(C)CC(NC(=O)OCC(F)(F)F)C(=O)Nc1ccc(S(N)(=O)=O)cc1. The summed E-state index contributed by atoms with van der Waals surface area (Å²) in [5.74, 6) is -0.760. The first-order valence-electron chi connectivity index (χ1n) is 7.71. The Morgan fingerprint density at radius 3 is 2.19 bits per heavy atom. The van der Waals surface area contributed by atoms with E-state index in [1.165, 1.54) is 24.3 Å². The zero-order chi connectivity index (χ0) is 20.8. The number of nitrogens with one attached hydrogen (secondary N) is 2. The third-order valence-electron chi connectivity index (χ3n) is 3.13. The highest BCUT2D eigenvalue weighted by Gasteiger charge is 2.31. The van der Waals surface area contributed by atoms with E-state index in [1.807, 2.05) is 0 Å². The summed E-state index contributed by atoms with van der Waals surface area (Å²) < 4.78 is 62.7. The van der Waals surface area contributed by atoms with Crippen molar-refractivity contribution in [3.63, 3.8) is 0 Å². The summed E-state index contributed by atoms with van der Waals surface area (Å²) in [6.45, 7) is 1.73. The number of rotatable bonds is 7. The highest BCUT2D eigenvalue weighted by molar-refractivity contribution is 7.89. The number of alkyl carbamates (subject to hydrolysis) is 1. The molecule has 0 aliphatic heterocycles. The van der Waals surface area contributed by atoms with E-state index in [1.54, 1.807) is 13.8 Å². The molecule has 0 spiro atoms. The van der Waals surface area contributed by atoms with E-state index in [0.717, 1.165) is 0 Å². The molecule has 152 valence electrons. The smallest absolute Gasteiger partial charge is 0.422 e. The van der Waals surface area contributed by atoms with Gasteiger partial charge in [-0.25, -0.2) is 18.4 Å². The fraction of sp³-hybridized carbons (Fsp3) is 0.467. The Hall–Kier alpha value is -2.34. The summed E-state index contributed by atoms with van der Waals surface area (Å²) in [5.41, 5.74) is 0.214. The van der Waals surface area contributed by atoms with E-state index in [-0.39, 0.29) is 22.9 Å². The van der Waals surface area contributed by atoms with Gasteiger partial charge in [-0.15, -0.1) is 0 Å². The van der Waals surface area contributed by atoms with Gasteiger partial charge in [0, 0.05) is 5.69 Å². The van der Waals surface area contributed by atoms with Crippen LogP contribution in [-0.2, 0) is 19.6 Å². The summed E-state index contributed by atoms with van der Waals surface area (Å²) in [4.78, 5) is 23.7. The minimum Gasteiger partial charge on any atom is -0.440 e. The molecule has 0 bridgehead atoms. The third-order valence-corrected chi connectivity index (χ3v) is 4.06. The van der Waals surface area contributed by atoms with Gasteiger partial charge in [0.15, 0.2) is 6.61 Å². The van der Waals surface area contributed by atoms with Crippen molar-refractivity contribution >= 4 is 27.7 Å². The van der Waals surface area contributed by atoms with Gasteiger partial charge in [0.05, 0.1) is 4.90 Å². The van der Waals surface area contributed by atoms with Crippen molar-refractivity contribution in [2.45, 2.75) is 37.4 Å². The van der Waals surface area contributed by atoms with E-state index in [2.05, 4.69) is 15.4 Å². The van der Waals surface area contributed by atoms with E-state index in [0.29, 0.717) is 0 Å². The maximum atomic E-state index is 12.3. The summed E-state index contributed by atoms with van der Waals surface area (Å²) in [5, 5.41) is 9.49. The lowest BCUT2D eigenvalue weighted by Crippen LogP contribution is -2.45. The number of amides is 2. The summed E-state index contributed by atoms with van der Waals surface area (Å²) in [7, 11) is -3.89. The van der Waals surface area contributed by atoms with E-state index in [9.17, 15) is 31.2 Å². The number of benzene rings is 1. The van der Waals surface area contributed by atoms with Gasteiger partial charge >= 0.3 is 12.3 Å². The molecule has 0 heterocycles. The molecule has 0 saturated heterocycles. The number of hydrogen-bond donors (Lipinski definition) is 3. The van der Waals surface area contributed by atoms with Gasteiger partial charge < -0.3 is 15.4 Å². The molecule has 0 saturated carbocycles. The molecular formula is C15H20F3N3O5S. The summed E-state index contributed by atoms with van der Waals surface area (Å²) in [6.07, 6.45) is -5.92. The van der Waals surface area contributed by atoms with Crippen molar-refractivity contribution in [2.24, 2.45) is 11.1 Å². The Bertz CT molecular complexity index is 764. The van der Waals surface area contributed by atoms with Gasteiger partial charge in [-0.05, 0) is 36.6 Å². The van der Waals surface area contributed by atoms with Gasteiger partial charge in [0.2, 0.25) is 15.9 Å². The predicted molar refractivity (Wildman–Crippen MR) is 90.2 cm³/mol. The van der Waals surface area contributed by atoms with Gasteiger partial charge in [-0.3, -0.25) is 4.79 Å². The van der Waals surface area contributed by atoms with Gasteiger partial charge in [-0.1, -0.05) is 13.8 Å². The Kier molecular flexibility index (Phi) is 7.60. The Morgan fingerprint density at radius 2 is 1.74 bits per heavy atom. The number of nitrogens with two attached hydrogens (primary N) is 1. The van der Waals surface area contributed by atoms with Gasteiger partial charge in [0.25, 0.3) is 0 Å². The van der Waals surface area contributed by atoms with Crippen molar-refractivity contribution < 1.29 is 35.9 Å². The first-order chi connectivity index (χ1) is 12.3. The van der Waals surface area contributed by atoms with Crippen molar-refractivity contribution in [1.29, 1.82) is 0 Å². The first-order valence-corrected chi connectivity index (χ1v) is 9.26. The maximum Gasteiger partial charge on any atom is 0.422 e. The molecule has 0 fully saturated rings. The molecule has 1 rings (SSSR count). The molecule has 8 nitrogen and oxygen atoms in total. The van der Waals surface area contributed by atoms with Crippen LogP contribution in [0, 0.1) is 5.92 Å². The van der Waals surface area contributed by atoms with E-state index >= 15 is 0 Å². The normalized spacial score (nSPS) is 13.1. The number of anilines is 1. The van der Waals surface area contributed by atoms with E-state index < -0.39 is 40.8 Å². The fourth-order valence-corrected chi connectivity index (χ4v) is 2.51. The molecule has 1 aromatic carbocycles. The van der Waals surface area contributed by atoms with Crippen LogP contribution in [0.1, 0.15) is 20.3 Å². The highest BCUT2D eigenvalue weighted by atomic mass is 32.2. The largest absolute Gasteiger partial charge is 0.440 e. The van der Waals surface area contributed by atoms with E-state index in [4.69, 9.17) is 5.14 Å². The zero-order valence-corrected chi connectivity index (χ0v) is 15.4. The fourth-order valence-electron chi connectivity index (χ4n) is 1.99. The summed E-state index contributed by atoms with van der Waals surface area (Å²) >= 11 is 0. The zero-order valence-electron chi connectivity index (χ0n) is 14.5. The Balaban J connectivity index is 2.78. The number of halogens is 3. The average molecular weight is 411 g/mol. The molecule has 1 unspecified atom stereocenters. The Labute approximate surface area is 154 Å². The van der Waals surface area contributed by atoms with Crippen LogP contribution in [0.15, 0.2) is 29.2 Å². The van der Waals surface area contributed by atoms with Crippen LogP contribution in [0.4, 0.5) is 23.7 Å². The van der Waals surface area contributed by atoms with Crippen molar-refractivity contribution in [1.82, 2.24) is 5.32 Å². The second-order valence-electron chi connectivity index (χ2n) is 6.08. The number of carbonyl (C=O) groups excluding carboxylic acids is 2. The quantitative estimate of drug-likeness (QED) is 0.632. The van der Waals surface area contributed by atoms with Crippen LogP contribution in [-0.4, -0.2) is 39.2 Å². The molecule has 0 aliphatic rings. The lowest BCUT2D eigenvalue weighted by molar-refractivity contribution is -0.160. The van der Waals surface area contributed by atoms with Gasteiger partial charge in [0.1, 0.15) is 6.04 Å². The lowest BCUT2D eigenvalue weighted by Gasteiger charge is -2.20. The number of primary sulfonamides is 1. The molecule has 0 aliphatic carbocycles. The van der Waals surface area contributed by atoms with Crippen LogP contribution in [0.5, 0.6) is 0 Å². The number of ether oxygens (including phenoxy) is 1. The second kappa shape index (κ2) is 9.04. The molecule has 0 aromatic heterocycles. The molecular weight excluding hydrogens is 391 g/mol. The van der Waals surface area contributed by atoms with Crippen molar-refractivity contribution in [2.75, 3.05) is 11.9 Å². The van der Waals surface area contributed by atoms with Crippen LogP contribution in [0.25, 0.3) is 0 Å². The standard InChI is InChI=1S/C15H20F3N3O5S/c1-9(2)7-12(21-14(23)26-8-15(16,17)18)13(22)20-10-3-5-11(6-4-10)27(19,24)25/h3-6,9,12H,7-8H2,1-2H3,(H,20,22)(H,21,23)(H2,19,24,25). The average Bonchev–Trinajstić information content (AvgIpc) is 2.51. The molecule has 0 radical (unpaired) electrons. The number of alkyl halides is 3. The first kappa shape index (κ1) is 22.7. The number of sulfonamides is 1. The van der Waals surface area contributed by atoms with Crippen molar-refractivity contribution in [3.05, 3.63) is 24.3 Å². The molecule has 2 amide bonds. The van der Waals surface area contributed by atoms with Crippen LogP contribution in [0.2, 0.25) is 0 Å². The monoisotopic (exact) mass is 411 g/mol. The third kappa shape index (κ3) is 8.73. The topological polar surface area (TPSA) is 128 Å². The minimum absolute atomic E-state index is 0.0616. The minimum atomic E-state index is -4.68. The molecule has 1 aromatic rings. The van der Waals surface area contributed by atoms with Gasteiger partial charge in [-0.2, -0.15) is 13.2 Å². The number of carbonyl (C=O) groups is 2. The van der Waals surface area contributed by atoms with Crippen molar-refractivity contribution in [3.8, 4) is 0 Å². The maximum absolute atomic E-state index is 12.3. The molecule has 1 atom stereocenters. The molecule has 4 N–H and O–H groups in total. The summed E-state index contributed by atoms with van der Waals surface area (Å²) in [6, 6.07) is 3.77. The number of hydrogen-bond acceptors (Lipinski definition) is 5.